The van der Waals surface area contributed by atoms with Crippen molar-refractivity contribution in [3.63, 3.8) is 0 Å². The molecular weight excluding hydrogens is 254 g/mol. The van der Waals surface area contributed by atoms with Crippen molar-refractivity contribution in [1.82, 2.24) is 0 Å². The minimum Gasteiger partial charge on any atom is -0.147 e. The van der Waals surface area contributed by atoms with Crippen LogP contribution >= 0.6 is 49.6 Å². The highest BCUT2D eigenvalue weighted by molar-refractivity contribution is 5.86. The second kappa shape index (κ2) is 142. The molecule has 0 heterocycles. The zero-order valence-corrected chi connectivity index (χ0v) is 4.90. The van der Waals surface area contributed by atoms with E-state index in [1.54, 1.807) is 0 Å². The van der Waals surface area contributed by atoms with Gasteiger partial charge in [0.15, 0.2) is 0 Å². The van der Waals surface area contributed by atoms with Crippen molar-refractivity contribution >= 4 is 93.5 Å². The Balaban J connectivity index is 0. The highest BCUT2D eigenvalue weighted by Crippen LogP contribution is 0.693. The van der Waals surface area contributed by atoms with Crippen LogP contribution in [0.3, 0.4) is 0 Å². The van der Waals surface area contributed by atoms with Gasteiger partial charge >= 0.3 is 0 Å². The molecule has 0 N–H and O–H groups in total. The van der Waals surface area contributed by atoms with E-state index in [0.717, 1.165) is 0 Å². The van der Waals surface area contributed by atoms with Gasteiger partial charge in [-0.2, -0.15) is 0 Å². The lowest BCUT2D eigenvalue weighted by molar-refractivity contribution is 5.75. The molecule has 0 aliphatic carbocycles. The zero-order valence-electron chi connectivity index (χ0n) is 1.63. The Bertz CT molecular complexity index is 8.00. The molecule has 0 unspecified atom stereocenters. The standard InChI is InChI=1S/4ClH.4H4Si/h4*1H;4*1H4. The van der Waals surface area contributed by atoms with Crippen molar-refractivity contribution in [2.45, 2.75) is 0 Å². The fourth-order valence-electron chi connectivity index (χ4n) is 0. The largest absolute Gasteiger partial charge is 0.147 e. The lowest BCUT2D eigenvalue weighted by Gasteiger charge is -0.148. The average Bonchev–Trinajstić information content (AvgIpc) is 0. The number of rotatable bonds is 0. The lowest BCUT2D eigenvalue weighted by Crippen LogP contribution is -0.382. The maximum absolute atomic E-state index is 0. The molecule has 0 aromatic rings. The molecule has 8 heavy (non-hydrogen) atoms. The van der Waals surface area contributed by atoms with Crippen molar-refractivity contribution in [2.75, 3.05) is 0 Å². The van der Waals surface area contributed by atoms with E-state index in [9.17, 15) is 0 Å². The van der Waals surface area contributed by atoms with Crippen LogP contribution in [-0.4, -0.2) is 43.9 Å². The van der Waals surface area contributed by atoms with Crippen LogP contribution in [0, 0.1) is 0 Å². The molecule has 0 nitrogen and oxygen atoms in total. The van der Waals surface area contributed by atoms with Gasteiger partial charge in [-0.15, -0.1) is 49.6 Å². The molecule has 0 saturated heterocycles. The molecule has 0 spiro atoms. The van der Waals surface area contributed by atoms with Crippen molar-refractivity contribution < 1.29 is 0 Å². The Morgan fingerprint density at radius 2 is 0.250 bits per heavy atom. The molecular formula is H20Cl4Si4. The summed E-state index contributed by atoms with van der Waals surface area (Å²) in [6.07, 6.45) is 0. The highest BCUT2D eigenvalue weighted by atomic mass is 35.5. The Morgan fingerprint density at radius 1 is 0.250 bits per heavy atom. The van der Waals surface area contributed by atoms with Gasteiger partial charge in [0.1, 0.15) is 0 Å². The van der Waals surface area contributed by atoms with Crippen LogP contribution in [0.2, 0.25) is 0 Å². The van der Waals surface area contributed by atoms with Crippen LogP contribution in [0.25, 0.3) is 0 Å². The van der Waals surface area contributed by atoms with E-state index in [0.29, 0.717) is 0 Å². The molecule has 0 bridgehead atoms. The summed E-state index contributed by atoms with van der Waals surface area (Å²) in [4.78, 5) is 0. The summed E-state index contributed by atoms with van der Waals surface area (Å²) in [6.45, 7) is 0. The summed E-state index contributed by atoms with van der Waals surface area (Å²) in [6, 6.07) is 0. The first-order chi connectivity index (χ1) is 0. The third-order valence-electron chi connectivity index (χ3n) is 0. The predicted octanol–water partition coefficient (Wildman–Crippen LogP) is -4.12. The molecule has 64 valence electrons. The zero-order chi connectivity index (χ0) is 0. The molecule has 0 aromatic carbocycles. The average molecular weight is 274 g/mol. The molecule has 0 aromatic heterocycles. The normalized spacial score (nSPS) is 0. The molecule has 0 aliphatic heterocycles. The molecule has 8 heteroatoms. The van der Waals surface area contributed by atoms with E-state index in [4.69, 9.17) is 0 Å². The van der Waals surface area contributed by atoms with Crippen LogP contribution in [0.4, 0.5) is 0 Å². The molecule has 0 atom stereocenters. The first kappa shape index (κ1) is 199. The molecule has 0 rings (SSSR count). The number of hydrogen-bond acceptors (Lipinski definition) is 0. The van der Waals surface area contributed by atoms with E-state index in [1.165, 1.54) is 0 Å². The number of hydrogen-bond donors (Lipinski definition) is 0. The predicted molar refractivity (Wildman–Crippen MR) is 74.3 cm³/mol. The lowest BCUT2D eigenvalue weighted by atomic mass is 28.1. The Kier molecular flexibility index (Phi) is 3520. The molecule has 0 radical (unpaired) electrons. The van der Waals surface area contributed by atoms with Crippen LogP contribution in [0.15, 0.2) is 0 Å². The monoisotopic (exact) mass is 272 g/mol. The molecule has 0 amide bonds. The minimum atomic E-state index is 0. The third-order valence-corrected chi connectivity index (χ3v) is 0. The Hall–Kier alpha value is 2.03. The van der Waals surface area contributed by atoms with Crippen LogP contribution in [0.1, 0.15) is 0 Å². The quantitative estimate of drug-likeness (QED) is 0.394. The maximum Gasteiger partial charge on any atom is -0.0149 e. The Labute approximate surface area is 93.1 Å². The number of halogens is 4. The van der Waals surface area contributed by atoms with Gasteiger partial charge in [0.25, 0.3) is 0 Å². The summed E-state index contributed by atoms with van der Waals surface area (Å²) in [5, 5.41) is 0. The summed E-state index contributed by atoms with van der Waals surface area (Å²) in [7, 11) is 0. The second-order valence-corrected chi connectivity index (χ2v) is 0. The van der Waals surface area contributed by atoms with Gasteiger partial charge in [0, 0.05) is 0 Å². The smallest absolute Gasteiger partial charge is 0.0149 e. The molecule has 0 aliphatic rings. The SMILES string of the molecule is Cl.Cl.Cl.Cl.[SiH4].[SiH4].[SiH4].[SiH4]. The van der Waals surface area contributed by atoms with Crippen LogP contribution in [0.5, 0.6) is 0 Å². The van der Waals surface area contributed by atoms with Gasteiger partial charge in [0.2, 0.25) is 0 Å². The second-order valence-electron chi connectivity index (χ2n) is 0. The fraction of sp³-hybridized carbons (Fsp3) is 0. The van der Waals surface area contributed by atoms with Gasteiger partial charge in [-0.1, -0.05) is 0 Å². The van der Waals surface area contributed by atoms with Gasteiger partial charge in [-0.05, 0) is 43.9 Å². The Morgan fingerprint density at radius 3 is 0.250 bits per heavy atom. The van der Waals surface area contributed by atoms with Crippen molar-refractivity contribution in [2.24, 2.45) is 0 Å². The fourth-order valence-corrected chi connectivity index (χ4v) is 0. The summed E-state index contributed by atoms with van der Waals surface area (Å²) >= 11 is 0. The molecule has 0 saturated carbocycles. The van der Waals surface area contributed by atoms with Crippen LogP contribution in [-0.2, 0) is 0 Å². The molecule has 0 fully saturated rings. The van der Waals surface area contributed by atoms with Gasteiger partial charge in [0.05, 0.1) is 0 Å². The van der Waals surface area contributed by atoms with Crippen molar-refractivity contribution in [1.29, 1.82) is 0 Å². The third kappa shape index (κ3) is 96.4. The van der Waals surface area contributed by atoms with Gasteiger partial charge in [-0.3, -0.25) is 0 Å². The summed E-state index contributed by atoms with van der Waals surface area (Å²) in [5.74, 6) is 0. The van der Waals surface area contributed by atoms with Gasteiger partial charge in [-0.25, -0.2) is 0 Å². The minimum absolute atomic E-state index is 0. The highest BCUT2D eigenvalue weighted by Gasteiger charge is -0.0117. The summed E-state index contributed by atoms with van der Waals surface area (Å²) < 4.78 is 0. The van der Waals surface area contributed by atoms with Crippen LogP contribution < -0.4 is 0 Å². The summed E-state index contributed by atoms with van der Waals surface area (Å²) in [5.41, 5.74) is 0. The first-order valence-electron chi connectivity index (χ1n) is 0. The van der Waals surface area contributed by atoms with Crippen molar-refractivity contribution in [3.8, 4) is 0 Å². The first-order valence-corrected chi connectivity index (χ1v) is 0. The van der Waals surface area contributed by atoms with E-state index in [2.05, 4.69) is 0 Å². The topological polar surface area (TPSA) is 0 Å². The maximum atomic E-state index is 0. The van der Waals surface area contributed by atoms with E-state index in [1.807, 2.05) is 0 Å². The van der Waals surface area contributed by atoms with E-state index in [-0.39, 0.29) is 93.5 Å². The van der Waals surface area contributed by atoms with E-state index >= 15 is 0 Å². The van der Waals surface area contributed by atoms with Crippen molar-refractivity contribution in [3.05, 3.63) is 0 Å². The van der Waals surface area contributed by atoms with E-state index < -0.39 is 0 Å². The van der Waals surface area contributed by atoms with Gasteiger partial charge < -0.3 is 0 Å².